The van der Waals surface area contributed by atoms with Crippen LogP contribution in [0.1, 0.15) is 15.9 Å². The molecule has 3 aromatic rings. The third-order valence-corrected chi connectivity index (χ3v) is 5.20. The molecule has 8 nitrogen and oxygen atoms in total. The highest BCUT2D eigenvalue weighted by Crippen LogP contribution is 2.29. The SMILES string of the molecule is Nc1nc(SCC(=O)Nc2cccc(Cl)c2)[nH]c(=O)c1NC(=O)c1ccc(C(F)(F)F)cc1. The molecule has 33 heavy (non-hydrogen) atoms. The smallest absolute Gasteiger partial charge is 0.382 e. The molecule has 13 heteroatoms. The Morgan fingerprint density at radius 3 is 2.42 bits per heavy atom. The van der Waals surface area contributed by atoms with Crippen LogP contribution >= 0.6 is 23.4 Å². The summed E-state index contributed by atoms with van der Waals surface area (Å²) >= 11 is 6.75. The van der Waals surface area contributed by atoms with Crippen LogP contribution in [0.4, 0.5) is 30.4 Å². The van der Waals surface area contributed by atoms with Crippen molar-refractivity contribution in [3.8, 4) is 0 Å². The van der Waals surface area contributed by atoms with Crippen LogP contribution in [0.2, 0.25) is 5.02 Å². The van der Waals surface area contributed by atoms with Crippen LogP contribution in [0.15, 0.2) is 58.5 Å². The third kappa shape index (κ3) is 6.49. The number of H-pyrrole nitrogens is 1. The summed E-state index contributed by atoms with van der Waals surface area (Å²) in [6, 6.07) is 9.97. The highest BCUT2D eigenvalue weighted by atomic mass is 35.5. The lowest BCUT2D eigenvalue weighted by molar-refractivity contribution is -0.137. The van der Waals surface area contributed by atoms with Gasteiger partial charge in [-0.2, -0.15) is 13.2 Å². The quantitative estimate of drug-likeness (QED) is 0.301. The first-order valence-electron chi connectivity index (χ1n) is 9.09. The second kappa shape index (κ2) is 9.96. The van der Waals surface area contributed by atoms with Gasteiger partial charge in [-0.25, -0.2) is 4.98 Å². The summed E-state index contributed by atoms with van der Waals surface area (Å²) in [5, 5.41) is 5.34. The molecule has 0 bridgehead atoms. The Morgan fingerprint density at radius 1 is 1.12 bits per heavy atom. The molecule has 0 aliphatic rings. The normalized spacial score (nSPS) is 11.2. The number of nitrogens with two attached hydrogens (primary N) is 1. The number of carbonyl (C=O) groups excluding carboxylic acids is 2. The molecule has 1 aromatic heterocycles. The standard InChI is InChI=1S/C20H15ClF3N5O3S/c21-12-2-1-3-13(8-12)26-14(30)9-33-19-28-16(25)15(18(32)29-19)27-17(31)10-4-6-11(7-5-10)20(22,23)24/h1-8H,9H2,(H,26,30)(H,27,31)(H3,25,28,29,32). The molecule has 2 aromatic carbocycles. The van der Waals surface area contributed by atoms with Crippen LogP contribution in [0, 0.1) is 0 Å². The van der Waals surface area contributed by atoms with Crippen LogP contribution in [-0.2, 0) is 11.0 Å². The number of hydrogen-bond donors (Lipinski definition) is 4. The molecule has 2 amide bonds. The maximum absolute atomic E-state index is 12.6. The van der Waals surface area contributed by atoms with Crippen molar-refractivity contribution in [3.63, 3.8) is 0 Å². The van der Waals surface area contributed by atoms with Crippen molar-refractivity contribution in [2.75, 3.05) is 22.1 Å². The number of aromatic amines is 1. The number of anilines is 3. The minimum Gasteiger partial charge on any atom is -0.382 e. The van der Waals surface area contributed by atoms with Gasteiger partial charge in [-0.3, -0.25) is 19.4 Å². The van der Waals surface area contributed by atoms with Gasteiger partial charge in [0.05, 0.1) is 11.3 Å². The number of thioether (sulfide) groups is 1. The van der Waals surface area contributed by atoms with Gasteiger partial charge in [-0.1, -0.05) is 29.4 Å². The minimum atomic E-state index is -4.54. The number of rotatable bonds is 6. The Bertz CT molecular complexity index is 1250. The van der Waals surface area contributed by atoms with Gasteiger partial charge in [0.25, 0.3) is 11.5 Å². The first kappa shape index (κ1) is 24.1. The van der Waals surface area contributed by atoms with Crippen molar-refractivity contribution in [2.24, 2.45) is 0 Å². The Morgan fingerprint density at radius 2 is 1.82 bits per heavy atom. The Hall–Kier alpha value is -3.51. The van der Waals surface area contributed by atoms with E-state index in [9.17, 15) is 27.6 Å². The molecular formula is C20H15ClF3N5O3S. The molecule has 0 saturated carbocycles. The number of nitrogen functional groups attached to an aromatic ring is 1. The van der Waals surface area contributed by atoms with Crippen LogP contribution in [0.3, 0.4) is 0 Å². The predicted molar refractivity (Wildman–Crippen MR) is 119 cm³/mol. The van der Waals surface area contributed by atoms with E-state index in [0.717, 1.165) is 36.0 Å². The van der Waals surface area contributed by atoms with Crippen LogP contribution in [0.5, 0.6) is 0 Å². The fourth-order valence-corrected chi connectivity index (χ4v) is 3.41. The maximum atomic E-state index is 12.6. The third-order valence-electron chi connectivity index (χ3n) is 4.09. The number of nitrogens with zero attached hydrogens (tertiary/aromatic N) is 1. The van der Waals surface area contributed by atoms with Crippen LogP contribution in [0.25, 0.3) is 0 Å². The van der Waals surface area contributed by atoms with Crippen molar-refractivity contribution in [3.05, 3.63) is 75.0 Å². The van der Waals surface area contributed by atoms with E-state index in [-0.39, 0.29) is 33.9 Å². The predicted octanol–water partition coefficient (Wildman–Crippen LogP) is 4.01. The molecule has 172 valence electrons. The van der Waals surface area contributed by atoms with Crippen molar-refractivity contribution in [2.45, 2.75) is 11.3 Å². The van der Waals surface area contributed by atoms with E-state index in [2.05, 4.69) is 20.6 Å². The molecular weight excluding hydrogens is 483 g/mol. The van der Waals surface area contributed by atoms with Gasteiger partial charge in [0, 0.05) is 16.3 Å². The van der Waals surface area contributed by atoms with Crippen molar-refractivity contribution >= 4 is 52.4 Å². The first-order valence-corrected chi connectivity index (χ1v) is 10.5. The highest BCUT2D eigenvalue weighted by molar-refractivity contribution is 7.99. The van der Waals surface area contributed by atoms with E-state index in [4.69, 9.17) is 17.3 Å². The molecule has 0 spiro atoms. The summed E-state index contributed by atoms with van der Waals surface area (Å²) in [6.07, 6.45) is -4.54. The lowest BCUT2D eigenvalue weighted by Gasteiger charge is -2.10. The zero-order valence-corrected chi connectivity index (χ0v) is 18.1. The van der Waals surface area contributed by atoms with E-state index in [1.807, 2.05) is 0 Å². The van der Waals surface area contributed by atoms with Crippen molar-refractivity contribution in [1.29, 1.82) is 0 Å². The Kier molecular flexibility index (Phi) is 7.29. The minimum absolute atomic E-state index is 0.0336. The Balaban J connectivity index is 1.64. The van der Waals surface area contributed by atoms with Gasteiger partial charge in [0.15, 0.2) is 11.0 Å². The van der Waals surface area contributed by atoms with E-state index >= 15 is 0 Å². The van der Waals surface area contributed by atoms with Crippen molar-refractivity contribution in [1.82, 2.24) is 9.97 Å². The fraction of sp³-hybridized carbons (Fsp3) is 0.100. The average molecular weight is 498 g/mol. The average Bonchev–Trinajstić information content (AvgIpc) is 2.74. The lowest BCUT2D eigenvalue weighted by Crippen LogP contribution is -2.23. The monoisotopic (exact) mass is 497 g/mol. The molecule has 0 aliphatic carbocycles. The number of halogens is 4. The van der Waals surface area contributed by atoms with Gasteiger partial charge < -0.3 is 16.4 Å². The van der Waals surface area contributed by atoms with Gasteiger partial charge in [0.1, 0.15) is 5.69 Å². The van der Waals surface area contributed by atoms with Gasteiger partial charge in [0.2, 0.25) is 5.91 Å². The lowest BCUT2D eigenvalue weighted by atomic mass is 10.1. The van der Waals surface area contributed by atoms with Crippen molar-refractivity contribution < 1.29 is 22.8 Å². The molecule has 5 N–H and O–H groups in total. The number of alkyl halides is 3. The summed E-state index contributed by atoms with van der Waals surface area (Å²) in [5.74, 6) is -1.66. The Labute approximate surface area is 193 Å². The number of benzene rings is 2. The number of amides is 2. The van der Waals surface area contributed by atoms with Crippen LogP contribution < -0.4 is 21.9 Å². The fourth-order valence-electron chi connectivity index (χ4n) is 2.55. The topological polar surface area (TPSA) is 130 Å². The first-order chi connectivity index (χ1) is 15.5. The molecule has 0 saturated heterocycles. The zero-order chi connectivity index (χ0) is 24.2. The molecule has 0 radical (unpaired) electrons. The number of hydrogen-bond acceptors (Lipinski definition) is 6. The molecule has 0 atom stereocenters. The second-order valence-corrected chi connectivity index (χ2v) is 7.91. The van der Waals surface area contributed by atoms with E-state index in [1.54, 1.807) is 24.3 Å². The largest absolute Gasteiger partial charge is 0.416 e. The van der Waals surface area contributed by atoms with Gasteiger partial charge in [-0.05, 0) is 42.5 Å². The molecule has 1 heterocycles. The zero-order valence-electron chi connectivity index (χ0n) is 16.5. The maximum Gasteiger partial charge on any atom is 0.416 e. The molecule has 0 unspecified atom stereocenters. The second-order valence-electron chi connectivity index (χ2n) is 6.51. The number of nitrogens with one attached hydrogen (secondary N) is 3. The van der Waals surface area contributed by atoms with E-state index in [0.29, 0.717) is 10.7 Å². The number of carbonyl (C=O) groups is 2. The summed E-state index contributed by atoms with van der Waals surface area (Å²) < 4.78 is 37.9. The molecule has 0 fully saturated rings. The van der Waals surface area contributed by atoms with Gasteiger partial charge in [-0.15, -0.1) is 0 Å². The van der Waals surface area contributed by atoms with Gasteiger partial charge >= 0.3 is 6.18 Å². The van der Waals surface area contributed by atoms with Crippen LogP contribution in [-0.4, -0.2) is 27.5 Å². The summed E-state index contributed by atoms with van der Waals surface area (Å²) in [6.45, 7) is 0. The summed E-state index contributed by atoms with van der Waals surface area (Å²) in [5.41, 5.74) is 4.06. The van der Waals surface area contributed by atoms with E-state index in [1.165, 1.54) is 0 Å². The summed E-state index contributed by atoms with van der Waals surface area (Å²) in [4.78, 5) is 43.0. The van der Waals surface area contributed by atoms with E-state index < -0.39 is 23.2 Å². The molecule has 0 aliphatic heterocycles. The number of aromatic nitrogens is 2. The summed E-state index contributed by atoms with van der Waals surface area (Å²) in [7, 11) is 0. The molecule has 3 rings (SSSR count). The highest BCUT2D eigenvalue weighted by Gasteiger charge is 2.30.